The fraction of sp³-hybridized carbons (Fsp3) is 0. The molecule has 0 radical (unpaired) electrons. The minimum atomic E-state index is -0.600. The van der Waals surface area contributed by atoms with Gasteiger partial charge in [-0.1, -0.05) is 0 Å². The van der Waals surface area contributed by atoms with Crippen molar-refractivity contribution < 1.29 is 9.59 Å². The fourth-order valence-electron chi connectivity index (χ4n) is 0.929. The number of carbonyl (C=O) groups excluding carboxylic acids is 2. The molecule has 0 aliphatic heterocycles. The van der Waals surface area contributed by atoms with E-state index in [4.69, 9.17) is 11.7 Å². The predicted octanol–water partition coefficient (Wildman–Crippen LogP) is -1.71. The Labute approximate surface area is 79.4 Å². The van der Waals surface area contributed by atoms with Gasteiger partial charge in [0.1, 0.15) is 0 Å². The van der Waals surface area contributed by atoms with Crippen molar-refractivity contribution in [3.63, 3.8) is 0 Å². The molecule has 0 aliphatic rings. The summed E-state index contributed by atoms with van der Waals surface area (Å²) in [5.41, 5.74) is 4.00. The summed E-state index contributed by atoms with van der Waals surface area (Å²) in [5.74, 6) is 8.68. The molecule has 6 N–H and O–H groups in total. The zero-order chi connectivity index (χ0) is 10.6. The van der Waals surface area contributed by atoms with E-state index in [9.17, 15) is 9.59 Å². The molecule has 0 aliphatic carbocycles. The molecule has 1 heterocycles. The van der Waals surface area contributed by atoms with Crippen LogP contribution in [-0.4, -0.2) is 16.8 Å². The van der Waals surface area contributed by atoms with Crippen LogP contribution in [0.2, 0.25) is 0 Å². The molecule has 1 aromatic rings. The van der Waals surface area contributed by atoms with E-state index < -0.39 is 11.8 Å². The first-order valence-corrected chi connectivity index (χ1v) is 3.66. The molecule has 1 rings (SSSR count). The van der Waals surface area contributed by atoms with Gasteiger partial charge in [-0.25, -0.2) is 11.7 Å². The SMILES string of the molecule is NNC(=O)c1ccncc1C(=O)NN. The van der Waals surface area contributed by atoms with E-state index >= 15 is 0 Å². The van der Waals surface area contributed by atoms with Crippen molar-refractivity contribution in [2.24, 2.45) is 11.7 Å². The normalized spacial score (nSPS) is 9.29. The number of carbonyl (C=O) groups is 2. The molecule has 0 fully saturated rings. The average Bonchev–Trinajstić information content (AvgIpc) is 2.27. The predicted molar refractivity (Wildman–Crippen MR) is 47.5 cm³/mol. The van der Waals surface area contributed by atoms with Crippen molar-refractivity contribution in [3.05, 3.63) is 29.6 Å². The van der Waals surface area contributed by atoms with Crippen molar-refractivity contribution in [2.45, 2.75) is 0 Å². The van der Waals surface area contributed by atoms with Crippen LogP contribution < -0.4 is 22.5 Å². The van der Waals surface area contributed by atoms with Gasteiger partial charge in [0.15, 0.2) is 0 Å². The second kappa shape index (κ2) is 4.30. The molecule has 1 aromatic heterocycles. The van der Waals surface area contributed by atoms with Crippen LogP contribution in [-0.2, 0) is 0 Å². The number of nitrogen functional groups attached to an aromatic ring is 2. The quantitative estimate of drug-likeness (QED) is 0.254. The monoisotopic (exact) mass is 195 g/mol. The van der Waals surface area contributed by atoms with Gasteiger partial charge >= 0.3 is 0 Å². The minimum absolute atomic E-state index is 0.0675. The number of rotatable bonds is 2. The van der Waals surface area contributed by atoms with Crippen molar-refractivity contribution in [1.29, 1.82) is 0 Å². The standard InChI is InChI=1S/C7H9N5O2/c8-11-6(13)4-1-2-10-3-5(4)7(14)12-9/h1-3H,8-9H2,(H,11,13)(H,12,14). The third kappa shape index (κ3) is 1.84. The molecule has 0 atom stereocenters. The van der Waals surface area contributed by atoms with E-state index in [0.717, 1.165) is 0 Å². The molecule has 7 heteroatoms. The van der Waals surface area contributed by atoms with Crippen molar-refractivity contribution in [1.82, 2.24) is 15.8 Å². The molecular formula is C7H9N5O2. The van der Waals surface area contributed by atoms with Gasteiger partial charge in [-0.2, -0.15) is 0 Å². The summed E-state index contributed by atoms with van der Waals surface area (Å²) in [6.45, 7) is 0. The Morgan fingerprint density at radius 1 is 1.14 bits per heavy atom. The van der Waals surface area contributed by atoms with Crippen LogP contribution in [0.4, 0.5) is 0 Å². The minimum Gasteiger partial charge on any atom is -0.290 e. The van der Waals surface area contributed by atoms with Crippen LogP contribution in [0, 0.1) is 0 Å². The Balaban J connectivity index is 3.15. The summed E-state index contributed by atoms with van der Waals surface area (Å²) < 4.78 is 0. The van der Waals surface area contributed by atoms with E-state index in [-0.39, 0.29) is 11.1 Å². The Hall–Kier alpha value is -1.99. The third-order valence-corrected chi connectivity index (χ3v) is 1.57. The highest BCUT2D eigenvalue weighted by Crippen LogP contribution is 2.05. The second-order valence-corrected chi connectivity index (χ2v) is 2.37. The number of nitrogens with zero attached hydrogens (tertiary/aromatic N) is 1. The Morgan fingerprint density at radius 2 is 1.71 bits per heavy atom. The number of amides is 2. The average molecular weight is 195 g/mol. The lowest BCUT2D eigenvalue weighted by molar-refractivity contribution is 0.0919. The molecule has 0 saturated heterocycles. The number of pyridine rings is 1. The van der Waals surface area contributed by atoms with Crippen molar-refractivity contribution in [3.8, 4) is 0 Å². The zero-order valence-corrected chi connectivity index (χ0v) is 7.15. The van der Waals surface area contributed by atoms with Crippen LogP contribution in [0.5, 0.6) is 0 Å². The number of aromatic nitrogens is 1. The van der Waals surface area contributed by atoms with Crippen LogP contribution in [0.15, 0.2) is 18.5 Å². The van der Waals surface area contributed by atoms with Gasteiger partial charge in [0.2, 0.25) is 0 Å². The lowest BCUT2D eigenvalue weighted by atomic mass is 10.1. The molecule has 14 heavy (non-hydrogen) atoms. The third-order valence-electron chi connectivity index (χ3n) is 1.57. The molecule has 0 saturated carbocycles. The zero-order valence-electron chi connectivity index (χ0n) is 7.15. The van der Waals surface area contributed by atoms with Crippen molar-refractivity contribution >= 4 is 11.8 Å². The summed E-state index contributed by atoms with van der Waals surface area (Å²) >= 11 is 0. The van der Waals surface area contributed by atoms with Gasteiger partial charge in [0.25, 0.3) is 11.8 Å². The summed E-state index contributed by atoms with van der Waals surface area (Å²) in [4.78, 5) is 26.0. The highest BCUT2D eigenvalue weighted by molar-refractivity contribution is 6.06. The topological polar surface area (TPSA) is 123 Å². The van der Waals surface area contributed by atoms with Gasteiger partial charge < -0.3 is 0 Å². The maximum Gasteiger partial charge on any atom is 0.267 e. The highest BCUT2D eigenvalue weighted by Gasteiger charge is 2.15. The van der Waals surface area contributed by atoms with Gasteiger partial charge in [-0.05, 0) is 6.07 Å². The Kier molecular flexibility index (Phi) is 3.10. The van der Waals surface area contributed by atoms with Gasteiger partial charge in [0.05, 0.1) is 11.1 Å². The van der Waals surface area contributed by atoms with Crippen LogP contribution in [0.25, 0.3) is 0 Å². The van der Waals surface area contributed by atoms with Crippen LogP contribution in [0.3, 0.4) is 0 Å². The van der Waals surface area contributed by atoms with E-state index in [2.05, 4.69) is 4.98 Å². The lowest BCUT2D eigenvalue weighted by Gasteiger charge is -2.05. The molecule has 0 unspecified atom stereocenters. The molecule has 74 valence electrons. The fourth-order valence-corrected chi connectivity index (χ4v) is 0.929. The molecule has 0 bridgehead atoms. The first-order valence-electron chi connectivity index (χ1n) is 3.66. The largest absolute Gasteiger partial charge is 0.290 e. The maximum absolute atomic E-state index is 11.2. The number of hydrogen-bond acceptors (Lipinski definition) is 5. The number of nitrogens with one attached hydrogen (secondary N) is 2. The van der Waals surface area contributed by atoms with Crippen LogP contribution >= 0.6 is 0 Å². The number of hydrazine groups is 2. The van der Waals surface area contributed by atoms with Crippen molar-refractivity contribution in [2.75, 3.05) is 0 Å². The van der Waals surface area contributed by atoms with Gasteiger partial charge in [-0.15, -0.1) is 0 Å². The molecule has 7 nitrogen and oxygen atoms in total. The van der Waals surface area contributed by atoms with E-state index in [1.165, 1.54) is 18.5 Å². The summed E-state index contributed by atoms with van der Waals surface area (Å²) in [6.07, 6.45) is 2.60. The number of hydrogen-bond donors (Lipinski definition) is 4. The summed E-state index contributed by atoms with van der Waals surface area (Å²) in [5, 5.41) is 0. The second-order valence-electron chi connectivity index (χ2n) is 2.37. The lowest BCUT2D eigenvalue weighted by Crippen LogP contribution is -2.35. The first-order chi connectivity index (χ1) is 6.70. The molecule has 2 amide bonds. The molecule has 0 spiro atoms. The van der Waals surface area contributed by atoms with Gasteiger partial charge in [0, 0.05) is 12.4 Å². The van der Waals surface area contributed by atoms with Gasteiger partial charge in [-0.3, -0.25) is 25.4 Å². The van der Waals surface area contributed by atoms with E-state index in [1.807, 2.05) is 10.9 Å². The Morgan fingerprint density at radius 3 is 2.29 bits per heavy atom. The molecular weight excluding hydrogens is 186 g/mol. The van der Waals surface area contributed by atoms with E-state index in [1.54, 1.807) is 0 Å². The highest BCUT2D eigenvalue weighted by atomic mass is 16.2. The van der Waals surface area contributed by atoms with E-state index in [0.29, 0.717) is 0 Å². The Bertz CT molecular complexity index is 330. The first kappa shape index (κ1) is 10.1. The molecule has 0 aromatic carbocycles. The smallest absolute Gasteiger partial charge is 0.267 e. The summed E-state index contributed by atoms with van der Waals surface area (Å²) in [6, 6.07) is 1.37. The van der Waals surface area contributed by atoms with Crippen LogP contribution in [0.1, 0.15) is 20.7 Å². The summed E-state index contributed by atoms with van der Waals surface area (Å²) in [7, 11) is 0. The maximum atomic E-state index is 11.2. The number of nitrogens with two attached hydrogens (primary N) is 2.